The lowest BCUT2D eigenvalue weighted by Crippen LogP contribution is -2.29. The summed E-state index contributed by atoms with van der Waals surface area (Å²) in [6.07, 6.45) is 26.6. The van der Waals surface area contributed by atoms with Crippen LogP contribution in [0.2, 0.25) is 0 Å². The quantitative estimate of drug-likeness (QED) is 0.0316. The van der Waals surface area contributed by atoms with Crippen LogP contribution < -0.4 is 0 Å². The van der Waals surface area contributed by atoms with Crippen LogP contribution >= 0.6 is 7.82 Å². The van der Waals surface area contributed by atoms with Crippen LogP contribution in [-0.2, 0) is 32.7 Å². The molecule has 0 spiro atoms. The summed E-state index contributed by atoms with van der Waals surface area (Å²) in [5, 5.41) is 18.3. The minimum absolute atomic E-state index is 0.190. The first-order valence-corrected chi connectivity index (χ1v) is 22.2. The van der Waals surface area contributed by atoms with Gasteiger partial charge in [-0.3, -0.25) is 18.6 Å². The maximum Gasteiger partial charge on any atom is 0.472 e. The Morgan fingerprint density at radius 3 is 1.45 bits per heavy atom. The van der Waals surface area contributed by atoms with Gasteiger partial charge in [0.2, 0.25) is 0 Å². The summed E-state index contributed by atoms with van der Waals surface area (Å²) in [5.74, 6) is 0.702. The van der Waals surface area contributed by atoms with Gasteiger partial charge >= 0.3 is 19.8 Å². The van der Waals surface area contributed by atoms with Gasteiger partial charge in [-0.05, 0) is 24.7 Å². The third-order valence-electron chi connectivity index (χ3n) is 9.48. The summed E-state index contributed by atoms with van der Waals surface area (Å²) in [5.41, 5.74) is 0. The fourth-order valence-corrected chi connectivity index (χ4v) is 6.65. The molecule has 2 unspecified atom stereocenters. The number of ether oxygens (including phenoxy) is 2. The number of hydrogen-bond acceptors (Lipinski definition) is 9. The molecule has 0 rings (SSSR count). The van der Waals surface area contributed by atoms with Crippen LogP contribution in [0.4, 0.5) is 0 Å². The van der Waals surface area contributed by atoms with E-state index in [1.54, 1.807) is 0 Å². The van der Waals surface area contributed by atoms with Gasteiger partial charge in [0.1, 0.15) is 12.7 Å². The highest BCUT2D eigenvalue weighted by Gasteiger charge is 2.27. The van der Waals surface area contributed by atoms with Crippen LogP contribution in [0.1, 0.15) is 195 Å². The van der Waals surface area contributed by atoms with Crippen molar-refractivity contribution in [2.24, 2.45) is 11.8 Å². The standard InChI is InChI=1S/C40H79O10P/c1-5-36(4)28-24-20-16-12-10-8-6-7-9-11-13-17-22-26-30-40(44)50-38(34-49-51(45,46)48-32-37(42)31-41)33-47-39(43)29-25-21-18-14-15-19-23-27-35(2)3/h35-38,41-42H,5-34H2,1-4H3,(H,45,46)/t36?,37-,38+/m0/s1. The molecule has 0 aromatic carbocycles. The van der Waals surface area contributed by atoms with E-state index >= 15 is 0 Å². The molecule has 0 saturated carbocycles. The topological polar surface area (TPSA) is 149 Å². The van der Waals surface area contributed by atoms with Crippen LogP contribution in [0.25, 0.3) is 0 Å². The second kappa shape index (κ2) is 34.7. The molecule has 304 valence electrons. The van der Waals surface area contributed by atoms with Gasteiger partial charge in [0.15, 0.2) is 6.10 Å². The third kappa shape index (κ3) is 35.8. The molecular weight excluding hydrogens is 671 g/mol. The number of rotatable bonds is 38. The second-order valence-electron chi connectivity index (χ2n) is 15.1. The molecule has 3 N–H and O–H groups in total. The number of aliphatic hydroxyl groups is 2. The molecule has 0 aromatic heterocycles. The number of carbonyl (C=O) groups excluding carboxylic acids is 2. The van der Waals surface area contributed by atoms with Crippen molar-refractivity contribution in [2.75, 3.05) is 26.4 Å². The normalized spacial score (nSPS) is 14.7. The van der Waals surface area contributed by atoms with Gasteiger partial charge < -0.3 is 24.6 Å². The summed E-state index contributed by atoms with van der Waals surface area (Å²) in [7, 11) is -4.61. The minimum Gasteiger partial charge on any atom is -0.462 e. The molecule has 0 saturated heterocycles. The summed E-state index contributed by atoms with van der Waals surface area (Å²) in [4.78, 5) is 34.9. The molecule has 4 atom stereocenters. The van der Waals surface area contributed by atoms with E-state index in [0.717, 1.165) is 50.4 Å². The number of esters is 2. The molecule has 51 heavy (non-hydrogen) atoms. The number of aliphatic hydroxyl groups excluding tert-OH is 2. The molecule has 0 aromatic rings. The van der Waals surface area contributed by atoms with Crippen molar-refractivity contribution in [1.29, 1.82) is 0 Å². The van der Waals surface area contributed by atoms with E-state index in [1.165, 1.54) is 103 Å². The molecule has 0 bridgehead atoms. The first-order chi connectivity index (χ1) is 24.5. The number of phosphoric ester groups is 1. The van der Waals surface area contributed by atoms with Crippen molar-refractivity contribution in [3.63, 3.8) is 0 Å². The van der Waals surface area contributed by atoms with Crippen molar-refractivity contribution < 1.29 is 47.8 Å². The van der Waals surface area contributed by atoms with Crippen LogP contribution in [-0.4, -0.2) is 65.7 Å². The summed E-state index contributed by atoms with van der Waals surface area (Å²) in [6.45, 7) is 7.02. The SMILES string of the molecule is CCC(C)CCCCCCCCCCCCCCCCC(=O)O[C@H](COC(=O)CCCCCCCCCC(C)C)COP(=O)(O)OC[C@@H](O)CO. The van der Waals surface area contributed by atoms with Crippen molar-refractivity contribution in [1.82, 2.24) is 0 Å². The Hall–Kier alpha value is -1.03. The van der Waals surface area contributed by atoms with Gasteiger partial charge in [-0.25, -0.2) is 4.57 Å². The largest absolute Gasteiger partial charge is 0.472 e. The first kappa shape index (κ1) is 50.0. The maximum atomic E-state index is 12.6. The lowest BCUT2D eigenvalue weighted by Gasteiger charge is -2.20. The van der Waals surface area contributed by atoms with E-state index < -0.39 is 51.8 Å². The minimum atomic E-state index is -4.61. The second-order valence-corrected chi connectivity index (χ2v) is 16.6. The molecule has 11 heteroatoms. The predicted molar refractivity (Wildman–Crippen MR) is 205 cm³/mol. The zero-order valence-electron chi connectivity index (χ0n) is 33.2. The molecule has 0 aliphatic rings. The van der Waals surface area contributed by atoms with Crippen LogP contribution in [0, 0.1) is 11.8 Å². The fourth-order valence-electron chi connectivity index (χ4n) is 5.86. The Morgan fingerprint density at radius 1 is 0.588 bits per heavy atom. The van der Waals surface area contributed by atoms with Crippen LogP contribution in [0.15, 0.2) is 0 Å². The summed E-state index contributed by atoms with van der Waals surface area (Å²) in [6, 6.07) is 0. The summed E-state index contributed by atoms with van der Waals surface area (Å²) < 4.78 is 32.6. The highest BCUT2D eigenvalue weighted by atomic mass is 31.2. The van der Waals surface area contributed by atoms with Gasteiger partial charge in [0, 0.05) is 12.8 Å². The predicted octanol–water partition coefficient (Wildman–Crippen LogP) is 10.4. The highest BCUT2D eigenvalue weighted by molar-refractivity contribution is 7.47. The summed E-state index contributed by atoms with van der Waals surface area (Å²) >= 11 is 0. The van der Waals surface area contributed by atoms with Crippen molar-refractivity contribution >= 4 is 19.8 Å². The molecule has 0 aliphatic heterocycles. The fraction of sp³-hybridized carbons (Fsp3) is 0.950. The average molecular weight is 751 g/mol. The number of hydrogen-bond donors (Lipinski definition) is 3. The van der Waals surface area contributed by atoms with E-state index in [2.05, 4.69) is 32.2 Å². The zero-order chi connectivity index (χ0) is 38.0. The zero-order valence-corrected chi connectivity index (χ0v) is 34.1. The van der Waals surface area contributed by atoms with Crippen molar-refractivity contribution in [2.45, 2.75) is 207 Å². The number of carbonyl (C=O) groups is 2. The number of unbranched alkanes of at least 4 members (excludes halogenated alkanes) is 19. The lowest BCUT2D eigenvalue weighted by molar-refractivity contribution is -0.161. The van der Waals surface area contributed by atoms with E-state index in [-0.39, 0.29) is 19.4 Å². The van der Waals surface area contributed by atoms with E-state index in [0.29, 0.717) is 12.8 Å². The lowest BCUT2D eigenvalue weighted by atomic mass is 9.99. The number of phosphoric acid groups is 1. The molecule has 0 aliphatic carbocycles. The average Bonchev–Trinajstić information content (AvgIpc) is 3.10. The van der Waals surface area contributed by atoms with Crippen LogP contribution in [0.5, 0.6) is 0 Å². The van der Waals surface area contributed by atoms with Crippen molar-refractivity contribution in [3.05, 3.63) is 0 Å². The molecule has 0 heterocycles. The van der Waals surface area contributed by atoms with E-state index in [9.17, 15) is 24.2 Å². The van der Waals surface area contributed by atoms with Gasteiger partial charge in [-0.15, -0.1) is 0 Å². The molecule has 0 fully saturated rings. The smallest absolute Gasteiger partial charge is 0.462 e. The Bertz CT molecular complexity index is 855. The maximum absolute atomic E-state index is 12.6. The molecule has 0 amide bonds. The Balaban J connectivity index is 4.25. The third-order valence-corrected chi connectivity index (χ3v) is 10.4. The monoisotopic (exact) mass is 751 g/mol. The molecule has 0 radical (unpaired) electrons. The Labute approximate surface area is 312 Å². The highest BCUT2D eigenvalue weighted by Crippen LogP contribution is 2.43. The van der Waals surface area contributed by atoms with E-state index in [1.807, 2.05) is 0 Å². The van der Waals surface area contributed by atoms with E-state index in [4.69, 9.17) is 19.1 Å². The first-order valence-electron chi connectivity index (χ1n) is 20.7. The van der Waals surface area contributed by atoms with Crippen LogP contribution in [0.3, 0.4) is 0 Å². The Morgan fingerprint density at radius 2 is 1.00 bits per heavy atom. The van der Waals surface area contributed by atoms with Gasteiger partial charge in [0.05, 0.1) is 19.8 Å². The Kier molecular flexibility index (Phi) is 34.0. The van der Waals surface area contributed by atoms with Crippen molar-refractivity contribution in [3.8, 4) is 0 Å². The van der Waals surface area contributed by atoms with Gasteiger partial charge in [-0.2, -0.15) is 0 Å². The molecular formula is C40H79O10P. The molecule has 10 nitrogen and oxygen atoms in total. The van der Waals surface area contributed by atoms with Gasteiger partial charge in [0.25, 0.3) is 0 Å². The van der Waals surface area contributed by atoms with Gasteiger partial charge in [-0.1, -0.05) is 169 Å².